The average molecular weight is 109 g/mol. The summed E-state index contributed by atoms with van der Waals surface area (Å²) in [6, 6.07) is 0. The molecule has 0 aliphatic carbocycles. The van der Waals surface area contributed by atoms with Gasteiger partial charge in [0, 0.05) is 0 Å². The van der Waals surface area contributed by atoms with E-state index in [0.29, 0.717) is 0 Å². The highest BCUT2D eigenvalue weighted by atomic mass is 35.6. The van der Waals surface area contributed by atoms with Crippen molar-refractivity contribution in [1.29, 1.82) is 0 Å². The van der Waals surface area contributed by atoms with E-state index in [1.54, 1.807) is 6.08 Å². The fourth-order valence-electron chi connectivity index (χ4n) is 0. The van der Waals surface area contributed by atoms with E-state index in [9.17, 15) is 0 Å². The Morgan fingerprint density at radius 2 is 1.80 bits per heavy atom. The predicted molar refractivity (Wildman–Crippen MR) is 31.7 cm³/mol. The third-order valence-corrected chi connectivity index (χ3v) is 0. The van der Waals surface area contributed by atoms with Gasteiger partial charge in [-0.05, 0) is 6.92 Å². The van der Waals surface area contributed by atoms with Gasteiger partial charge in [-0.1, -0.05) is 6.08 Å². The van der Waals surface area contributed by atoms with Crippen molar-refractivity contribution in [1.82, 2.24) is 0 Å². The monoisotopic (exact) mass is 108 g/mol. The second-order valence-electron chi connectivity index (χ2n) is 0.408. The summed E-state index contributed by atoms with van der Waals surface area (Å²) < 4.78 is 0. The van der Waals surface area contributed by atoms with E-state index in [1.165, 1.54) is 0 Å². The zero-order chi connectivity index (χ0) is 4.71. The first-order valence-electron chi connectivity index (χ1n) is 1.36. The Bertz CT molecular complexity index is 14.4. The van der Waals surface area contributed by atoms with E-state index in [1.807, 2.05) is 6.92 Å². The molecule has 0 saturated heterocycles. The van der Waals surface area contributed by atoms with Gasteiger partial charge in [-0.3, -0.25) is 0 Å². The number of allylic oxidation sites excluding steroid dienone is 1. The molecular formula is C3H9ClSi. The van der Waals surface area contributed by atoms with Gasteiger partial charge >= 0.3 is 0 Å². The SMILES string of the molecule is C=CC.[SiH3]Cl. The van der Waals surface area contributed by atoms with E-state index in [4.69, 9.17) is 11.1 Å². The molecule has 0 amide bonds. The van der Waals surface area contributed by atoms with Crippen molar-refractivity contribution in [2.45, 2.75) is 6.92 Å². The smallest absolute Gasteiger partial charge is 0.109 e. The molecule has 5 heavy (non-hydrogen) atoms. The van der Waals surface area contributed by atoms with E-state index in [0.717, 1.165) is 9.55 Å². The first-order chi connectivity index (χ1) is 2.41. The highest BCUT2D eigenvalue weighted by molar-refractivity contribution is 6.80. The number of halogens is 1. The van der Waals surface area contributed by atoms with Crippen LogP contribution in [0.25, 0.3) is 0 Å². The van der Waals surface area contributed by atoms with Crippen LogP contribution in [0.3, 0.4) is 0 Å². The topological polar surface area (TPSA) is 0 Å². The Hall–Kier alpha value is 0.247. The Morgan fingerprint density at radius 3 is 1.80 bits per heavy atom. The summed E-state index contributed by atoms with van der Waals surface area (Å²) in [5, 5.41) is 0. The standard InChI is InChI=1S/C3H6.ClH3Si/c1-3-2;1-2/h3H,1H2,2H3;2H3. The molecule has 0 radical (unpaired) electrons. The molecular weight excluding hydrogens is 99.6 g/mol. The second-order valence-corrected chi connectivity index (χ2v) is 0.408. The van der Waals surface area contributed by atoms with Crippen molar-refractivity contribution in [2.24, 2.45) is 0 Å². The quantitative estimate of drug-likeness (QED) is 0.244. The van der Waals surface area contributed by atoms with Gasteiger partial charge in [0.2, 0.25) is 0 Å². The van der Waals surface area contributed by atoms with Crippen molar-refractivity contribution in [3.05, 3.63) is 12.7 Å². The van der Waals surface area contributed by atoms with Crippen molar-refractivity contribution in [3.63, 3.8) is 0 Å². The summed E-state index contributed by atoms with van der Waals surface area (Å²) in [6.07, 6.45) is 1.75. The fourth-order valence-corrected chi connectivity index (χ4v) is 0. The maximum Gasteiger partial charge on any atom is 0.109 e. The van der Waals surface area contributed by atoms with E-state index < -0.39 is 0 Å². The molecule has 0 bridgehead atoms. The molecule has 0 heterocycles. The van der Waals surface area contributed by atoms with Crippen LogP contribution in [-0.4, -0.2) is 9.55 Å². The molecule has 0 fully saturated rings. The molecule has 32 valence electrons. The lowest BCUT2D eigenvalue weighted by atomic mass is 10.8. The third kappa shape index (κ3) is 352. The first kappa shape index (κ1) is 8.98. The van der Waals surface area contributed by atoms with Crippen molar-refractivity contribution in [3.8, 4) is 0 Å². The maximum atomic E-state index is 4.78. The normalized spacial score (nSPS) is 4.40. The van der Waals surface area contributed by atoms with Gasteiger partial charge in [-0.15, -0.1) is 6.58 Å². The summed E-state index contributed by atoms with van der Waals surface area (Å²) in [5.74, 6) is 0. The molecule has 0 aromatic rings. The Labute approximate surface area is 41.0 Å². The van der Waals surface area contributed by atoms with Crippen molar-refractivity contribution in [2.75, 3.05) is 0 Å². The zero-order valence-electron chi connectivity index (χ0n) is 3.66. The highest BCUT2D eigenvalue weighted by Crippen LogP contribution is 1.38. The average Bonchev–Trinajstić information content (AvgIpc) is 1.46. The molecule has 0 unspecified atom stereocenters. The maximum absolute atomic E-state index is 4.78. The number of hydrogen-bond donors (Lipinski definition) is 0. The Balaban J connectivity index is 0. The van der Waals surface area contributed by atoms with Crippen LogP contribution in [0.2, 0.25) is 0 Å². The molecule has 0 rings (SSSR count). The minimum atomic E-state index is 0.778. The third-order valence-electron chi connectivity index (χ3n) is 0. The van der Waals surface area contributed by atoms with Crippen LogP contribution < -0.4 is 0 Å². The molecule has 2 heteroatoms. The molecule has 0 aliphatic rings. The van der Waals surface area contributed by atoms with Crippen LogP contribution in [0.4, 0.5) is 0 Å². The molecule has 0 nitrogen and oxygen atoms in total. The highest BCUT2D eigenvalue weighted by Gasteiger charge is 1.15. The first-order valence-corrected chi connectivity index (χ1v) is 4.39. The van der Waals surface area contributed by atoms with Gasteiger partial charge < -0.3 is 0 Å². The van der Waals surface area contributed by atoms with Crippen LogP contribution in [0.15, 0.2) is 12.7 Å². The van der Waals surface area contributed by atoms with E-state index in [-0.39, 0.29) is 0 Å². The predicted octanol–water partition coefficient (Wildman–Crippen LogP) is 0.698. The van der Waals surface area contributed by atoms with Crippen LogP contribution in [-0.2, 0) is 0 Å². The Kier molecular flexibility index (Phi) is 51.7. The molecule has 0 aromatic heterocycles. The van der Waals surface area contributed by atoms with Crippen molar-refractivity contribution < 1.29 is 0 Å². The number of hydrogen-bond acceptors (Lipinski definition) is 0. The summed E-state index contributed by atoms with van der Waals surface area (Å²) >= 11 is 4.78. The van der Waals surface area contributed by atoms with Crippen LogP contribution in [0.5, 0.6) is 0 Å². The lowest BCUT2D eigenvalue weighted by molar-refractivity contribution is 1.80. The molecule has 0 atom stereocenters. The van der Waals surface area contributed by atoms with Gasteiger partial charge in [-0.2, -0.15) is 11.1 Å². The molecule has 0 saturated carbocycles. The lowest BCUT2D eigenvalue weighted by Crippen LogP contribution is -1.07. The molecule has 0 spiro atoms. The summed E-state index contributed by atoms with van der Waals surface area (Å²) in [5.41, 5.74) is 0. The Morgan fingerprint density at radius 1 is 1.80 bits per heavy atom. The van der Waals surface area contributed by atoms with E-state index >= 15 is 0 Å². The summed E-state index contributed by atoms with van der Waals surface area (Å²) in [7, 11) is 0.778. The lowest BCUT2D eigenvalue weighted by Gasteiger charge is -1.31. The zero-order valence-corrected chi connectivity index (χ0v) is 6.42. The fraction of sp³-hybridized carbons (Fsp3) is 0.333. The van der Waals surface area contributed by atoms with Crippen LogP contribution in [0.1, 0.15) is 6.92 Å². The largest absolute Gasteiger partial charge is 0.181 e. The van der Waals surface area contributed by atoms with Gasteiger partial charge in [0.05, 0.1) is 0 Å². The number of rotatable bonds is 0. The summed E-state index contributed by atoms with van der Waals surface area (Å²) in [4.78, 5) is 0. The van der Waals surface area contributed by atoms with Gasteiger partial charge in [0.1, 0.15) is 9.55 Å². The van der Waals surface area contributed by atoms with Gasteiger partial charge in [-0.25, -0.2) is 0 Å². The van der Waals surface area contributed by atoms with E-state index in [2.05, 4.69) is 6.58 Å². The summed E-state index contributed by atoms with van der Waals surface area (Å²) in [6.45, 7) is 5.25. The minimum Gasteiger partial charge on any atom is -0.181 e. The van der Waals surface area contributed by atoms with Gasteiger partial charge in [0.15, 0.2) is 0 Å². The van der Waals surface area contributed by atoms with Gasteiger partial charge in [0.25, 0.3) is 0 Å². The second kappa shape index (κ2) is 28.8. The molecule has 0 aromatic carbocycles. The minimum absolute atomic E-state index is 0.778. The molecule has 0 aliphatic heterocycles. The van der Waals surface area contributed by atoms with Crippen LogP contribution in [0, 0.1) is 0 Å². The molecule has 0 N–H and O–H groups in total. The van der Waals surface area contributed by atoms with Crippen LogP contribution >= 0.6 is 11.1 Å². The van der Waals surface area contributed by atoms with Crippen molar-refractivity contribution >= 4 is 20.6 Å².